The topological polar surface area (TPSA) is 165 Å². The fourth-order valence-electron chi connectivity index (χ4n) is 4.39. The number of β-amino-alcohol motifs (C(OH)–C–C–N with tert-alkyl or cyclic N) is 1. The van der Waals surface area contributed by atoms with Crippen LogP contribution in [0.25, 0.3) is 0 Å². The Morgan fingerprint density at radius 1 is 1.10 bits per heavy atom. The SMILES string of the molecule is O=C(N[C@@H](CNC(=O)C1CCN(c2cccc(NC3=NCC(O)CN3)c2)CC1)C(=O)O)OCc1ccccc1. The Morgan fingerprint density at radius 2 is 1.87 bits per heavy atom. The lowest BCUT2D eigenvalue weighted by molar-refractivity contribution is -0.139. The van der Waals surface area contributed by atoms with Crippen molar-refractivity contribution < 1.29 is 29.3 Å². The van der Waals surface area contributed by atoms with Crippen LogP contribution in [0.4, 0.5) is 16.2 Å². The molecule has 2 amide bonds. The summed E-state index contributed by atoms with van der Waals surface area (Å²) in [6.45, 7) is 1.91. The van der Waals surface area contributed by atoms with E-state index in [9.17, 15) is 24.6 Å². The standard InChI is InChI=1S/C27H34N6O6/c34-22-14-29-26(30-15-22)31-20-7-4-8-21(13-20)33-11-9-19(10-12-33)24(35)28-16-23(25(36)37)32-27(38)39-17-18-5-2-1-3-6-18/h1-8,13,19,22-23,34H,9-12,14-17H2,(H,28,35)(H,32,38)(H,36,37)(H2,29,30,31)/t23-/m0/s1. The molecule has 0 bridgehead atoms. The summed E-state index contributed by atoms with van der Waals surface area (Å²) < 4.78 is 5.08. The molecule has 1 saturated heterocycles. The van der Waals surface area contributed by atoms with Gasteiger partial charge < -0.3 is 41.1 Å². The van der Waals surface area contributed by atoms with Gasteiger partial charge in [0.05, 0.1) is 12.6 Å². The predicted molar refractivity (Wildman–Crippen MR) is 146 cm³/mol. The van der Waals surface area contributed by atoms with Crippen molar-refractivity contribution >= 4 is 35.3 Å². The molecule has 0 radical (unpaired) electrons. The third-order valence-electron chi connectivity index (χ3n) is 6.59. The highest BCUT2D eigenvalue weighted by atomic mass is 16.5. The lowest BCUT2D eigenvalue weighted by atomic mass is 9.95. The summed E-state index contributed by atoms with van der Waals surface area (Å²) in [5, 5.41) is 30.3. The molecular weight excluding hydrogens is 504 g/mol. The molecule has 12 heteroatoms. The molecule has 6 N–H and O–H groups in total. The summed E-state index contributed by atoms with van der Waals surface area (Å²) in [6, 6.07) is 15.6. The third kappa shape index (κ3) is 8.34. The van der Waals surface area contributed by atoms with Gasteiger partial charge in [0.1, 0.15) is 12.6 Å². The molecule has 39 heavy (non-hydrogen) atoms. The minimum atomic E-state index is -1.31. The van der Waals surface area contributed by atoms with Gasteiger partial charge in [0.15, 0.2) is 5.96 Å². The molecule has 0 saturated carbocycles. The van der Waals surface area contributed by atoms with E-state index in [-0.39, 0.29) is 25.0 Å². The summed E-state index contributed by atoms with van der Waals surface area (Å²) in [6.07, 6.45) is -0.123. The molecule has 2 aromatic rings. The largest absolute Gasteiger partial charge is 0.480 e. The molecule has 2 aliphatic rings. The zero-order chi connectivity index (χ0) is 27.6. The Labute approximate surface area is 226 Å². The van der Waals surface area contributed by atoms with Gasteiger partial charge in [-0.1, -0.05) is 36.4 Å². The molecule has 0 spiro atoms. The van der Waals surface area contributed by atoms with Crippen molar-refractivity contribution in [1.82, 2.24) is 16.0 Å². The van der Waals surface area contributed by atoms with Crippen LogP contribution in [0.1, 0.15) is 18.4 Å². The second-order valence-electron chi connectivity index (χ2n) is 9.50. The number of ether oxygens (including phenoxy) is 1. The minimum Gasteiger partial charge on any atom is -0.480 e. The van der Waals surface area contributed by atoms with Crippen LogP contribution in [-0.2, 0) is 20.9 Å². The fraction of sp³-hybridized carbons (Fsp3) is 0.407. The average Bonchev–Trinajstić information content (AvgIpc) is 2.96. The van der Waals surface area contributed by atoms with Gasteiger partial charge in [-0.05, 0) is 36.6 Å². The number of nitrogens with zero attached hydrogens (tertiary/aromatic N) is 2. The number of anilines is 2. The first-order valence-corrected chi connectivity index (χ1v) is 12.9. The Kier molecular flexibility index (Phi) is 9.57. The number of piperidine rings is 1. The molecule has 2 heterocycles. The molecule has 0 aromatic heterocycles. The molecule has 0 aliphatic carbocycles. The van der Waals surface area contributed by atoms with E-state index in [0.29, 0.717) is 45.0 Å². The van der Waals surface area contributed by atoms with E-state index in [0.717, 1.165) is 16.9 Å². The minimum absolute atomic E-state index is 0.0126. The van der Waals surface area contributed by atoms with Crippen LogP contribution in [0.15, 0.2) is 59.6 Å². The maximum Gasteiger partial charge on any atom is 0.408 e. The fourth-order valence-corrected chi connectivity index (χ4v) is 4.39. The average molecular weight is 539 g/mol. The van der Waals surface area contributed by atoms with Crippen LogP contribution in [-0.4, -0.2) is 79.0 Å². The number of guanidine groups is 1. The summed E-state index contributed by atoms with van der Waals surface area (Å²) in [4.78, 5) is 42.9. The molecule has 2 aliphatic heterocycles. The van der Waals surface area contributed by atoms with Gasteiger partial charge in [-0.3, -0.25) is 9.79 Å². The van der Waals surface area contributed by atoms with Crippen LogP contribution in [0, 0.1) is 5.92 Å². The normalized spacial score (nSPS) is 18.2. The Bertz CT molecular complexity index is 1170. The zero-order valence-electron chi connectivity index (χ0n) is 21.5. The number of rotatable bonds is 9. The summed E-state index contributed by atoms with van der Waals surface area (Å²) >= 11 is 0. The second kappa shape index (κ2) is 13.5. The van der Waals surface area contributed by atoms with Crippen LogP contribution < -0.4 is 26.2 Å². The first kappa shape index (κ1) is 27.7. The molecule has 4 rings (SSSR count). The number of aliphatic hydroxyl groups excluding tert-OH is 1. The van der Waals surface area contributed by atoms with Gasteiger partial charge in [-0.2, -0.15) is 0 Å². The molecular formula is C27H34N6O6. The number of aliphatic carboxylic acids is 1. The highest BCUT2D eigenvalue weighted by Gasteiger charge is 2.27. The molecule has 1 unspecified atom stereocenters. The van der Waals surface area contributed by atoms with Gasteiger partial charge in [-0.15, -0.1) is 0 Å². The number of benzene rings is 2. The molecule has 2 aromatic carbocycles. The number of hydrogen-bond acceptors (Lipinski definition) is 9. The van der Waals surface area contributed by atoms with Crippen molar-refractivity contribution in [3.05, 3.63) is 60.2 Å². The number of aliphatic hydroxyl groups is 1. The first-order chi connectivity index (χ1) is 18.9. The summed E-state index contributed by atoms with van der Waals surface area (Å²) in [5.74, 6) is -1.14. The monoisotopic (exact) mass is 538 g/mol. The highest BCUT2D eigenvalue weighted by molar-refractivity contribution is 5.94. The van der Waals surface area contributed by atoms with E-state index in [1.54, 1.807) is 12.1 Å². The maximum absolute atomic E-state index is 12.7. The number of aliphatic imine (C=N–C) groups is 1. The Morgan fingerprint density at radius 3 is 2.56 bits per heavy atom. The summed E-state index contributed by atoms with van der Waals surface area (Å²) in [7, 11) is 0. The molecule has 1 fully saturated rings. The van der Waals surface area contributed by atoms with Crippen molar-refractivity contribution in [3.8, 4) is 0 Å². The van der Waals surface area contributed by atoms with E-state index in [2.05, 4.69) is 31.2 Å². The number of nitrogens with one attached hydrogen (secondary N) is 4. The van der Waals surface area contributed by atoms with Gasteiger partial charge in [0, 0.05) is 43.5 Å². The van der Waals surface area contributed by atoms with Gasteiger partial charge in [-0.25, -0.2) is 9.59 Å². The van der Waals surface area contributed by atoms with Gasteiger partial charge in [0.25, 0.3) is 0 Å². The van der Waals surface area contributed by atoms with E-state index in [4.69, 9.17) is 4.74 Å². The molecule has 2 atom stereocenters. The number of amides is 2. The number of carboxylic acids is 1. The number of carboxylic acid groups (broad SMARTS) is 1. The third-order valence-corrected chi connectivity index (χ3v) is 6.59. The number of carbonyl (C=O) groups is 3. The molecule has 12 nitrogen and oxygen atoms in total. The van der Waals surface area contributed by atoms with E-state index in [1.165, 1.54) is 0 Å². The van der Waals surface area contributed by atoms with Crippen LogP contribution in [0.5, 0.6) is 0 Å². The predicted octanol–water partition coefficient (Wildman–Crippen LogP) is 1.13. The quantitative estimate of drug-likeness (QED) is 0.275. The Balaban J connectivity index is 1.21. The van der Waals surface area contributed by atoms with Crippen LogP contribution in [0.3, 0.4) is 0 Å². The molecule has 208 valence electrons. The number of carbonyl (C=O) groups excluding carboxylic acids is 2. The number of alkyl carbamates (subject to hydrolysis) is 1. The van der Waals surface area contributed by atoms with Crippen LogP contribution >= 0.6 is 0 Å². The van der Waals surface area contributed by atoms with Crippen molar-refractivity contribution in [2.24, 2.45) is 10.9 Å². The lowest BCUT2D eigenvalue weighted by Gasteiger charge is -2.33. The zero-order valence-corrected chi connectivity index (χ0v) is 21.5. The smallest absolute Gasteiger partial charge is 0.408 e. The van der Waals surface area contributed by atoms with Crippen molar-refractivity contribution in [1.29, 1.82) is 0 Å². The van der Waals surface area contributed by atoms with Crippen molar-refractivity contribution in [2.45, 2.75) is 31.6 Å². The van der Waals surface area contributed by atoms with Gasteiger partial charge >= 0.3 is 12.1 Å². The van der Waals surface area contributed by atoms with Gasteiger partial charge in [0.2, 0.25) is 5.91 Å². The lowest BCUT2D eigenvalue weighted by Crippen LogP contribution is -2.50. The van der Waals surface area contributed by atoms with Crippen molar-refractivity contribution in [2.75, 3.05) is 42.9 Å². The van der Waals surface area contributed by atoms with E-state index >= 15 is 0 Å². The summed E-state index contributed by atoms with van der Waals surface area (Å²) in [5.41, 5.74) is 2.66. The maximum atomic E-state index is 12.7. The van der Waals surface area contributed by atoms with E-state index < -0.39 is 24.2 Å². The Hall–Kier alpha value is -4.32. The highest BCUT2D eigenvalue weighted by Crippen LogP contribution is 2.25. The van der Waals surface area contributed by atoms with Crippen molar-refractivity contribution in [3.63, 3.8) is 0 Å². The first-order valence-electron chi connectivity index (χ1n) is 12.9. The number of hydrogen-bond donors (Lipinski definition) is 6. The van der Waals surface area contributed by atoms with E-state index in [1.807, 2.05) is 42.5 Å². The second-order valence-corrected chi connectivity index (χ2v) is 9.50. The van der Waals surface area contributed by atoms with Crippen LogP contribution in [0.2, 0.25) is 0 Å².